The van der Waals surface area contributed by atoms with Crippen molar-refractivity contribution in [2.24, 2.45) is 0 Å². The summed E-state index contributed by atoms with van der Waals surface area (Å²) < 4.78 is 1.67. The van der Waals surface area contributed by atoms with E-state index >= 15 is 0 Å². The predicted molar refractivity (Wildman–Crippen MR) is 91.3 cm³/mol. The fourth-order valence-electron chi connectivity index (χ4n) is 3.27. The van der Waals surface area contributed by atoms with Crippen LogP contribution in [0, 0.1) is 6.92 Å². The van der Waals surface area contributed by atoms with Gasteiger partial charge in [0.05, 0.1) is 5.39 Å². The van der Waals surface area contributed by atoms with Crippen LogP contribution < -0.4 is 5.56 Å². The minimum atomic E-state index is -0.0780. The van der Waals surface area contributed by atoms with Crippen molar-refractivity contribution >= 4 is 16.9 Å². The lowest BCUT2D eigenvalue weighted by molar-refractivity contribution is 0.0687. The number of piperidine rings is 1. The number of carbonyl (C=O) groups is 1. The second-order valence-electron chi connectivity index (χ2n) is 6.29. The molecule has 25 heavy (non-hydrogen) atoms. The van der Waals surface area contributed by atoms with Crippen molar-refractivity contribution in [1.82, 2.24) is 29.6 Å². The third kappa shape index (κ3) is 2.79. The molecule has 0 spiro atoms. The molecule has 0 radical (unpaired) electrons. The zero-order valence-corrected chi connectivity index (χ0v) is 13.8. The van der Waals surface area contributed by atoms with E-state index in [-0.39, 0.29) is 17.5 Å². The summed E-state index contributed by atoms with van der Waals surface area (Å²) in [5.74, 6) is -0.0732. The van der Waals surface area contributed by atoms with Crippen LogP contribution in [0.1, 0.15) is 35.1 Å². The molecule has 0 saturated carbocycles. The fraction of sp³-hybridized carbons (Fsp3) is 0.353. The number of amides is 1. The Bertz CT molecular complexity index is 984. The van der Waals surface area contributed by atoms with Gasteiger partial charge in [0.25, 0.3) is 11.5 Å². The van der Waals surface area contributed by atoms with Crippen molar-refractivity contribution in [2.75, 3.05) is 13.1 Å². The van der Waals surface area contributed by atoms with Crippen molar-refractivity contribution in [1.29, 1.82) is 0 Å². The number of carbonyl (C=O) groups excluding carboxylic acids is 1. The highest BCUT2D eigenvalue weighted by molar-refractivity contribution is 5.92. The number of rotatable bonds is 2. The molecule has 8 nitrogen and oxygen atoms in total. The van der Waals surface area contributed by atoms with Crippen LogP contribution in [0.3, 0.4) is 0 Å². The average Bonchev–Trinajstić information content (AvgIpc) is 3.08. The SMILES string of the molecule is Cc1cc(C(=O)N2CCC(n3cnc4ncccc4c3=O)CC2)n[nH]1. The first-order chi connectivity index (χ1) is 12.1. The maximum atomic E-state index is 12.7. The van der Waals surface area contributed by atoms with Crippen molar-refractivity contribution in [2.45, 2.75) is 25.8 Å². The Morgan fingerprint density at radius 3 is 2.80 bits per heavy atom. The first-order valence-electron chi connectivity index (χ1n) is 8.26. The molecule has 1 saturated heterocycles. The molecule has 0 unspecified atom stereocenters. The highest BCUT2D eigenvalue weighted by Crippen LogP contribution is 2.22. The lowest BCUT2D eigenvalue weighted by Crippen LogP contribution is -2.41. The van der Waals surface area contributed by atoms with Crippen molar-refractivity contribution in [3.63, 3.8) is 0 Å². The van der Waals surface area contributed by atoms with Gasteiger partial charge in [-0.05, 0) is 38.0 Å². The van der Waals surface area contributed by atoms with Crippen molar-refractivity contribution in [3.8, 4) is 0 Å². The first-order valence-corrected chi connectivity index (χ1v) is 8.26. The molecule has 1 N–H and O–H groups in total. The Labute approximate surface area is 143 Å². The third-order valence-electron chi connectivity index (χ3n) is 4.63. The molecule has 1 amide bonds. The summed E-state index contributed by atoms with van der Waals surface area (Å²) in [6.07, 6.45) is 4.61. The Balaban J connectivity index is 1.51. The van der Waals surface area contributed by atoms with Gasteiger partial charge in [0.2, 0.25) is 0 Å². The van der Waals surface area contributed by atoms with Gasteiger partial charge in [-0.15, -0.1) is 0 Å². The molecular weight excluding hydrogens is 320 g/mol. The number of aromatic nitrogens is 5. The summed E-state index contributed by atoms with van der Waals surface area (Å²) in [6, 6.07) is 5.27. The Kier molecular flexibility index (Phi) is 3.79. The minimum absolute atomic E-state index is 0.0366. The van der Waals surface area contributed by atoms with E-state index in [2.05, 4.69) is 20.2 Å². The summed E-state index contributed by atoms with van der Waals surface area (Å²) in [6.45, 7) is 3.05. The van der Waals surface area contributed by atoms with Gasteiger partial charge < -0.3 is 4.90 Å². The molecule has 0 aliphatic carbocycles. The van der Waals surface area contributed by atoms with E-state index in [1.807, 2.05) is 6.92 Å². The maximum Gasteiger partial charge on any atom is 0.274 e. The maximum absolute atomic E-state index is 12.7. The molecule has 0 bridgehead atoms. The molecule has 0 atom stereocenters. The molecule has 1 aliphatic heterocycles. The normalized spacial score (nSPS) is 15.6. The van der Waals surface area contributed by atoms with E-state index in [1.54, 1.807) is 40.2 Å². The van der Waals surface area contributed by atoms with E-state index in [0.717, 1.165) is 5.69 Å². The Hall–Kier alpha value is -3.03. The molecule has 1 fully saturated rings. The van der Waals surface area contributed by atoms with Gasteiger partial charge >= 0.3 is 0 Å². The smallest absolute Gasteiger partial charge is 0.274 e. The van der Waals surface area contributed by atoms with Gasteiger partial charge in [-0.2, -0.15) is 5.10 Å². The topological polar surface area (TPSA) is 96.8 Å². The van der Waals surface area contributed by atoms with Crippen molar-refractivity contribution < 1.29 is 4.79 Å². The number of aryl methyl sites for hydroxylation is 1. The van der Waals surface area contributed by atoms with E-state index < -0.39 is 0 Å². The monoisotopic (exact) mass is 338 g/mol. The van der Waals surface area contributed by atoms with Gasteiger partial charge in [0.15, 0.2) is 5.65 Å². The number of likely N-dealkylation sites (tertiary alicyclic amines) is 1. The van der Waals surface area contributed by atoms with E-state index in [0.29, 0.717) is 42.7 Å². The van der Waals surface area contributed by atoms with Crippen LogP contribution in [0.5, 0.6) is 0 Å². The van der Waals surface area contributed by atoms with Crippen LogP contribution in [0.2, 0.25) is 0 Å². The number of hydrogen-bond acceptors (Lipinski definition) is 5. The number of pyridine rings is 1. The molecule has 0 aromatic carbocycles. The highest BCUT2D eigenvalue weighted by Gasteiger charge is 2.26. The number of H-pyrrole nitrogens is 1. The number of fused-ring (bicyclic) bond motifs is 1. The summed E-state index contributed by atoms with van der Waals surface area (Å²) in [5.41, 5.74) is 1.68. The van der Waals surface area contributed by atoms with Gasteiger partial charge in [0, 0.05) is 31.0 Å². The van der Waals surface area contributed by atoms with Crippen LogP contribution in [0.15, 0.2) is 35.5 Å². The highest BCUT2D eigenvalue weighted by atomic mass is 16.2. The number of aromatic amines is 1. The fourth-order valence-corrected chi connectivity index (χ4v) is 3.27. The number of nitrogens with one attached hydrogen (secondary N) is 1. The molecule has 3 aromatic heterocycles. The summed E-state index contributed by atoms with van der Waals surface area (Å²) in [7, 11) is 0. The molecule has 8 heteroatoms. The third-order valence-corrected chi connectivity index (χ3v) is 4.63. The van der Waals surface area contributed by atoms with Gasteiger partial charge in [-0.1, -0.05) is 0 Å². The predicted octanol–water partition coefficient (Wildman–Crippen LogP) is 1.30. The molecule has 4 rings (SSSR count). The quantitative estimate of drug-likeness (QED) is 0.760. The van der Waals surface area contributed by atoms with Gasteiger partial charge in [0.1, 0.15) is 12.0 Å². The minimum Gasteiger partial charge on any atom is -0.337 e. The average molecular weight is 338 g/mol. The number of nitrogens with zero attached hydrogens (tertiary/aromatic N) is 5. The Morgan fingerprint density at radius 1 is 1.28 bits per heavy atom. The van der Waals surface area contributed by atoms with Crippen molar-refractivity contribution in [3.05, 3.63) is 52.5 Å². The number of hydrogen-bond donors (Lipinski definition) is 1. The van der Waals surface area contributed by atoms with E-state index in [4.69, 9.17) is 0 Å². The molecule has 4 heterocycles. The largest absolute Gasteiger partial charge is 0.337 e. The van der Waals surface area contributed by atoms with Crippen LogP contribution in [-0.2, 0) is 0 Å². The van der Waals surface area contributed by atoms with E-state index in [9.17, 15) is 9.59 Å². The zero-order valence-electron chi connectivity index (χ0n) is 13.8. The lowest BCUT2D eigenvalue weighted by atomic mass is 10.0. The molecule has 3 aromatic rings. The molecule has 128 valence electrons. The lowest BCUT2D eigenvalue weighted by Gasteiger charge is -2.32. The van der Waals surface area contributed by atoms with Crippen LogP contribution in [-0.4, -0.2) is 48.6 Å². The summed E-state index contributed by atoms with van der Waals surface area (Å²) in [5, 5.41) is 7.34. The standard InChI is InChI=1S/C17H18N6O2/c1-11-9-14(21-20-11)17(25)22-7-4-12(5-8-22)23-10-19-15-13(16(23)24)3-2-6-18-15/h2-3,6,9-10,12H,4-5,7-8H2,1H3,(H,20,21). The van der Waals surface area contributed by atoms with Crippen LogP contribution in [0.25, 0.3) is 11.0 Å². The second-order valence-corrected chi connectivity index (χ2v) is 6.29. The molecular formula is C17H18N6O2. The summed E-state index contributed by atoms with van der Waals surface area (Å²) >= 11 is 0. The Morgan fingerprint density at radius 2 is 2.08 bits per heavy atom. The van der Waals surface area contributed by atoms with Gasteiger partial charge in [-0.3, -0.25) is 19.3 Å². The summed E-state index contributed by atoms with van der Waals surface area (Å²) in [4.78, 5) is 35.3. The van der Waals surface area contributed by atoms with Gasteiger partial charge in [-0.25, -0.2) is 9.97 Å². The first kappa shape index (κ1) is 15.5. The van der Waals surface area contributed by atoms with Crippen LogP contribution in [0.4, 0.5) is 0 Å². The zero-order chi connectivity index (χ0) is 17.4. The van der Waals surface area contributed by atoms with Crippen LogP contribution >= 0.6 is 0 Å². The second kappa shape index (κ2) is 6.12. The van der Waals surface area contributed by atoms with E-state index in [1.165, 1.54) is 0 Å². The molecule has 1 aliphatic rings.